The van der Waals surface area contributed by atoms with Crippen LogP contribution in [0.3, 0.4) is 0 Å². The summed E-state index contributed by atoms with van der Waals surface area (Å²) in [6.07, 6.45) is 3.72. The van der Waals surface area contributed by atoms with Crippen molar-refractivity contribution in [3.8, 4) is 0 Å². The van der Waals surface area contributed by atoms with Gasteiger partial charge < -0.3 is 15.7 Å². The van der Waals surface area contributed by atoms with E-state index in [9.17, 15) is 9.59 Å². The van der Waals surface area contributed by atoms with Gasteiger partial charge in [0.2, 0.25) is 5.91 Å². The van der Waals surface area contributed by atoms with Crippen LogP contribution in [-0.4, -0.2) is 30.1 Å². The third-order valence-electron chi connectivity index (χ3n) is 2.50. The van der Waals surface area contributed by atoms with Gasteiger partial charge in [0.1, 0.15) is 0 Å². The van der Waals surface area contributed by atoms with Gasteiger partial charge in [0.05, 0.1) is 9.88 Å². The molecule has 0 unspecified atom stereocenters. The summed E-state index contributed by atoms with van der Waals surface area (Å²) in [6.45, 7) is 2.30. The molecule has 0 saturated carbocycles. The van der Waals surface area contributed by atoms with E-state index in [0.717, 1.165) is 25.7 Å². The second kappa shape index (κ2) is 8.66. The van der Waals surface area contributed by atoms with Crippen molar-refractivity contribution < 1.29 is 14.7 Å². The molecule has 0 atom stereocenters. The summed E-state index contributed by atoms with van der Waals surface area (Å²) in [5.74, 6) is -0.249. The van der Waals surface area contributed by atoms with Crippen molar-refractivity contribution in [2.45, 2.75) is 32.6 Å². The first-order valence-corrected chi connectivity index (χ1v) is 7.21. The number of hydrogen-bond donors (Lipinski definition) is 3. The molecule has 0 spiro atoms. The van der Waals surface area contributed by atoms with Crippen LogP contribution in [0.2, 0.25) is 0 Å². The lowest BCUT2D eigenvalue weighted by Gasteiger charge is -2.03. The predicted molar refractivity (Wildman–Crippen MR) is 76.5 cm³/mol. The number of thiophene rings is 1. The molecule has 0 aliphatic rings. The van der Waals surface area contributed by atoms with E-state index in [2.05, 4.69) is 10.6 Å². The van der Waals surface area contributed by atoms with Crippen LogP contribution in [0, 0.1) is 0 Å². The van der Waals surface area contributed by atoms with Crippen LogP contribution < -0.4 is 10.6 Å². The van der Waals surface area contributed by atoms with Crippen molar-refractivity contribution in [3.63, 3.8) is 0 Å². The fourth-order valence-electron chi connectivity index (χ4n) is 1.58. The van der Waals surface area contributed by atoms with Crippen LogP contribution in [0.15, 0.2) is 12.1 Å². The van der Waals surface area contributed by atoms with E-state index in [-0.39, 0.29) is 18.4 Å². The van der Waals surface area contributed by atoms with E-state index in [4.69, 9.17) is 5.11 Å². The average Bonchev–Trinajstić information content (AvgIpc) is 2.81. The number of carbonyl (C=O) groups is 2. The highest BCUT2D eigenvalue weighted by atomic mass is 32.1. The zero-order valence-corrected chi connectivity index (χ0v) is 11.9. The van der Waals surface area contributed by atoms with Crippen LogP contribution in [0.1, 0.15) is 42.3 Å². The molecule has 6 heteroatoms. The summed E-state index contributed by atoms with van der Waals surface area (Å²) in [7, 11) is 0. The number of aliphatic hydroxyl groups is 1. The molecule has 3 N–H and O–H groups in total. The first kappa shape index (κ1) is 15.7. The number of nitrogens with one attached hydrogen (secondary N) is 2. The normalized spacial score (nSPS) is 10.2. The van der Waals surface area contributed by atoms with Crippen molar-refractivity contribution in [2.75, 3.05) is 18.5 Å². The van der Waals surface area contributed by atoms with E-state index in [1.807, 2.05) is 0 Å². The Labute approximate surface area is 117 Å². The Kier molecular flexibility index (Phi) is 7.14. The number of hydrogen-bond acceptors (Lipinski definition) is 4. The molecule has 0 radical (unpaired) electrons. The van der Waals surface area contributed by atoms with Crippen LogP contribution in [-0.2, 0) is 4.79 Å². The molecule has 1 aromatic rings. The Bertz CT molecular complexity index is 418. The van der Waals surface area contributed by atoms with Gasteiger partial charge >= 0.3 is 0 Å². The Morgan fingerprint density at radius 2 is 1.95 bits per heavy atom. The number of aliphatic hydroxyl groups excluding tert-OH is 1. The van der Waals surface area contributed by atoms with Crippen molar-refractivity contribution in [2.24, 2.45) is 0 Å². The molecule has 1 aromatic heterocycles. The molecule has 0 saturated heterocycles. The van der Waals surface area contributed by atoms with Gasteiger partial charge in [-0.2, -0.15) is 0 Å². The second-order valence-electron chi connectivity index (χ2n) is 4.24. The van der Waals surface area contributed by atoms with Gasteiger partial charge in [0, 0.05) is 20.1 Å². The summed E-state index contributed by atoms with van der Waals surface area (Å²) in [5, 5.41) is 14.8. The maximum Gasteiger partial charge on any atom is 0.261 e. The fraction of sp³-hybridized carbons (Fsp3) is 0.538. The Balaban J connectivity index is 2.25. The first-order valence-electron chi connectivity index (χ1n) is 6.40. The van der Waals surface area contributed by atoms with Gasteiger partial charge in [-0.3, -0.25) is 9.59 Å². The molecular formula is C13H20N2O3S. The molecule has 0 aromatic carbocycles. The summed E-state index contributed by atoms with van der Waals surface area (Å²) >= 11 is 1.26. The van der Waals surface area contributed by atoms with E-state index < -0.39 is 0 Å². The molecule has 106 valence electrons. The highest BCUT2D eigenvalue weighted by molar-refractivity contribution is 7.18. The standard InChI is InChI=1S/C13H20N2O3S/c1-10(17)15-12-7-6-11(19-12)13(18)14-8-4-2-3-5-9-16/h6-7,16H,2-5,8-9H2,1H3,(H,14,18)(H,15,17). The zero-order chi connectivity index (χ0) is 14.1. The topological polar surface area (TPSA) is 78.4 Å². The highest BCUT2D eigenvalue weighted by Crippen LogP contribution is 2.21. The minimum Gasteiger partial charge on any atom is -0.396 e. The molecule has 2 amide bonds. The maximum atomic E-state index is 11.8. The summed E-state index contributed by atoms with van der Waals surface area (Å²) in [5.41, 5.74) is 0. The van der Waals surface area contributed by atoms with E-state index in [1.54, 1.807) is 12.1 Å². The Morgan fingerprint density at radius 3 is 2.63 bits per heavy atom. The van der Waals surface area contributed by atoms with E-state index in [0.29, 0.717) is 16.4 Å². The van der Waals surface area contributed by atoms with Crippen molar-refractivity contribution >= 4 is 28.2 Å². The molecule has 0 fully saturated rings. The molecule has 19 heavy (non-hydrogen) atoms. The van der Waals surface area contributed by atoms with Crippen molar-refractivity contribution in [1.82, 2.24) is 5.32 Å². The highest BCUT2D eigenvalue weighted by Gasteiger charge is 2.08. The van der Waals surface area contributed by atoms with E-state index in [1.165, 1.54) is 18.3 Å². The third-order valence-corrected chi connectivity index (χ3v) is 3.50. The molecule has 5 nitrogen and oxygen atoms in total. The lowest BCUT2D eigenvalue weighted by molar-refractivity contribution is -0.114. The molecule has 1 rings (SSSR count). The number of unbranched alkanes of at least 4 members (excludes halogenated alkanes) is 3. The Morgan fingerprint density at radius 1 is 1.21 bits per heavy atom. The lowest BCUT2D eigenvalue weighted by Crippen LogP contribution is -2.23. The maximum absolute atomic E-state index is 11.8. The van der Waals surface area contributed by atoms with Crippen LogP contribution in [0.5, 0.6) is 0 Å². The molecule has 0 bridgehead atoms. The van der Waals surface area contributed by atoms with Gasteiger partial charge in [-0.05, 0) is 25.0 Å². The van der Waals surface area contributed by atoms with Gasteiger partial charge in [-0.25, -0.2) is 0 Å². The monoisotopic (exact) mass is 284 g/mol. The minimum absolute atomic E-state index is 0.108. The number of amides is 2. The predicted octanol–water partition coefficient (Wildman–Crippen LogP) is 1.99. The lowest BCUT2D eigenvalue weighted by atomic mass is 10.2. The molecule has 0 aliphatic carbocycles. The summed E-state index contributed by atoms with van der Waals surface area (Å²) in [6, 6.07) is 3.43. The number of carbonyl (C=O) groups excluding carboxylic acids is 2. The third kappa shape index (κ3) is 6.35. The van der Waals surface area contributed by atoms with E-state index >= 15 is 0 Å². The van der Waals surface area contributed by atoms with Crippen LogP contribution in [0.25, 0.3) is 0 Å². The molecular weight excluding hydrogens is 264 g/mol. The van der Waals surface area contributed by atoms with Gasteiger partial charge in [-0.1, -0.05) is 12.8 Å². The second-order valence-corrected chi connectivity index (χ2v) is 5.32. The minimum atomic E-state index is -0.141. The van der Waals surface area contributed by atoms with Gasteiger partial charge in [0.15, 0.2) is 0 Å². The van der Waals surface area contributed by atoms with Crippen molar-refractivity contribution in [3.05, 3.63) is 17.0 Å². The smallest absolute Gasteiger partial charge is 0.261 e. The Hall–Kier alpha value is -1.40. The SMILES string of the molecule is CC(=O)Nc1ccc(C(=O)NCCCCCCO)s1. The van der Waals surface area contributed by atoms with Crippen LogP contribution in [0.4, 0.5) is 5.00 Å². The van der Waals surface area contributed by atoms with Crippen LogP contribution >= 0.6 is 11.3 Å². The molecule has 0 aliphatic heterocycles. The summed E-state index contributed by atoms with van der Waals surface area (Å²) < 4.78 is 0. The first-order chi connectivity index (χ1) is 9.13. The van der Waals surface area contributed by atoms with Gasteiger partial charge in [0.25, 0.3) is 5.91 Å². The fourth-order valence-corrected chi connectivity index (χ4v) is 2.45. The zero-order valence-electron chi connectivity index (χ0n) is 11.1. The molecule has 1 heterocycles. The number of rotatable bonds is 8. The quantitative estimate of drug-likeness (QED) is 0.639. The van der Waals surface area contributed by atoms with Gasteiger partial charge in [-0.15, -0.1) is 11.3 Å². The average molecular weight is 284 g/mol. The summed E-state index contributed by atoms with van der Waals surface area (Å²) in [4.78, 5) is 23.2. The largest absolute Gasteiger partial charge is 0.396 e. The van der Waals surface area contributed by atoms with Crippen molar-refractivity contribution in [1.29, 1.82) is 0 Å². The number of anilines is 1.